The molecule has 0 radical (unpaired) electrons. The number of rotatable bonds is 3. The van der Waals surface area contributed by atoms with Gasteiger partial charge in [0.15, 0.2) is 0 Å². The van der Waals surface area contributed by atoms with Gasteiger partial charge in [0, 0.05) is 24.2 Å². The molecule has 0 unspecified atom stereocenters. The van der Waals surface area contributed by atoms with Crippen LogP contribution < -0.4 is 5.32 Å². The van der Waals surface area contributed by atoms with Crippen molar-refractivity contribution in [3.05, 3.63) is 60.8 Å². The molecule has 0 bridgehead atoms. The Kier molecular flexibility index (Phi) is 3.47. The number of hydrogen-bond donors (Lipinski definition) is 1. The second-order valence-electron chi connectivity index (χ2n) is 3.94. The third kappa shape index (κ3) is 2.70. The molecule has 6 heteroatoms. The molecule has 0 saturated carbocycles. The molecule has 98 valence electrons. The molecule has 20 heavy (non-hydrogen) atoms. The smallest absolute Gasteiger partial charge is 0.274 e. The van der Waals surface area contributed by atoms with Crippen molar-refractivity contribution >= 4 is 22.2 Å². The Morgan fingerprint density at radius 1 is 1.05 bits per heavy atom. The van der Waals surface area contributed by atoms with Crippen LogP contribution in [-0.2, 0) is 0 Å². The molecule has 0 saturated heterocycles. The minimum Gasteiger partial charge on any atom is -0.311 e. The average molecular weight is 282 g/mol. The van der Waals surface area contributed by atoms with E-state index >= 15 is 0 Å². The summed E-state index contributed by atoms with van der Waals surface area (Å²) in [7, 11) is 0. The lowest BCUT2D eigenvalue weighted by Crippen LogP contribution is -2.12. The summed E-state index contributed by atoms with van der Waals surface area (Å²) in [4.78, 5) is 24.3. The van der Waals surface area contributed by atoms with Gasteiger partial charge in [0.2, 0.25) is 0 Å². The van der Waals surface area contributed by atoms with Crippen molar-refractivity contribution in [3.8, 4) is 10.6 Å². The Morgan fingerprint density at radius 2 is 2.00 bits per heavy atom. The number of amides is 1. The van der Waals surface area contributed by atoms with Crippen LogP contribution in [0.15, 0.2) is 55.1 Å². The number of anilines is 1. The molecule has 5 nitrogen and oxygen atoms in total. The van der Waals surface area contributed by atoms with Gasteiger partial charge in [-0.15, -0.1) is 0 Å². The second-order valence-corrected chi connectivity index (χ2v) is 4.97. The van der Waals surface area contributed by atoms with E-state index in [2.05, 4.69) is 20.3 Å². The van der Waals surface area contributed by atoms with Crippen molar-refractivity contribution in [1.82, 2.24) is 15.0 Å². The van der Waals surface area contributed by atoms with Crippen LogP contribution in [0, 0.1) is 0 Å². The van der Waals surface area contributed by atoms with E-state index in [1.54, 1.807) is 43.0 Å². The Balaban J connectivity index is 1.77. The quantitative estimate of drug-likeness (QED) is 0.802. The predicted molar refractivity (Wildman–Crippen MR) is 77.5 cm³/mol. The maximum absolute atomic E-state index is 12.0. The van der Waals surface area contributed by atoms with Crippen LogP contribution >= 0.6 is 11.3 Å². The molecule has 1 N–H and O–H groups in total. The lowest BCUT2D eigenvalue weighted by Gasteiger charge is -2.00. The van der Waals surface area contributed by atoms with Crippen LogP contribution in [-0.4, -0.2) is 20.9 Å². The molecule has 3 heterocycles. The van der Waals surface area contributed by atoms with Crippen molar-refractivity contribution in [2.75, 3.05) is 5.32 Å². The molecule has 1 amide bonds. The number of pyridine rings is 2. The number of carbonyl (C=O) groups is 1. The Morgan fingerprint density at radius 3 is 2.75 bits per heavy atom. The summed E-state index contributed by atoms with van der Waals surface area (Å²) in [6, 6.07) is 8.98. The first-order valence-corrected chi connectivity index (χ1v) is 6.73. The van der Waals surface area contributed by atoms with Gasteiger partial charge in [-0.2, -0.15) is 0 Å². The van der Waals surface area contributed by atoms with Crippen LogP contribution in [0.4, 0.5) is 5.00 Å². The van der Waals surface area contributed by atoms with E-state index < -0.39 is 0 Å². The third-order valence-electron chi connectivity index (χ3n) is 2.55. The van der Waals surface area contributed by atoms with Gasteiger partial charge in [-0.1, -0.05) is 17.4 Å². The van der Waals surface area contributed by atoms with Gasteiger partial charge in [0.1, 0.15) is 15.7 Å². The number of hydrogen-bond acceptors (Lipinski definition) is 5. The normalized spacial score (nSPS) is 10.2. The molecule has 3 aromatic heterocycles. The number of thiazole rings is 1. The van der Waals surface area contributed by atoms with Crippen molar-refractivity contribution in [2.45, 2.75) is 0 Å². The Bertz CT molecular complexity index is 712. The lowest BCUT2D eigenvalue weighted by atomic mass is 10.3. The van der Waals surface area contributed by atoms with Gasteiger partial charge < -0.3 is 5.32 Å². The van der Waals surface area contributed by atoms with Crippen LogP contribution in [0.25, 0.3) is 10.6 Å². The van der Waals surface area contributed by atoms with Gasteiger partial charge in [-0.3, -0.25) is 14.8 Å². The molecular formula is C14H10N4OS. The van der Waals surface area contributed by atoms with E-state index in [1.807, 2.05) is 12.1 Å². The van der Waals surface area contributed by atoms with Crippen LogP contribution in [0.5, 0.6) is 0 Å². The standard InChI is InChI=1S/C14H10N4OS/c19-13(11-5-1-2-7-16-11)18-12-9-17-14(20-12)10-4-3-6-15-8-10/h1-9H,(H,18,19). The van der Waals surface area contributed by atoms with Gasteiger partial charge in [0.05, 0.1) is 6.20 Å². The van der Waals surface area contributed by atoms with Crippen molar-refractivity contribution in [2.24, 2.45) is 0 Å². The average Bonchev–Trinajstić information content (AvgIpc) is 2.97. The first-order chi connectivity index (χ1) is 9.83. The highest BCUT2D eigenvalue weighted by Crippen LogP contribution is 2.27. The molecule has 0 aromatic carbocycles. The largest absolute Gasteiger partial charge is 0.311 e. The predicted octanol–water partition coefficient (Wildman–Crippen LogP) is 2.85. The molecule has 0 fully saturated rings. The highest BCUT2D eigenvalue weighted by atomic mass is 32.1. The summed E-state index contributed by atoms with van der Waals surface area (Å²) in [5.41, 5.74) is 1.31. The zero-order chi connectivity index (χ0) is 13.8. The topological polar surface area (TPSA) is 67.8 Å². The van der Waals surface area contributed by atoms with Gasteiger partial charge in [-0.05, 0) is 24.3 Å². The van der Waals surface area contributed by atoms with Crippen LogP contribution in [0.1, 0.15) is 10.5 Å². The monoisotopic (exact) mass is 282 g/mol. The van der Waals surface area contributed by atoms with Gasteiger partial charge in [-0.25, -0.2) is 4.98 Å². The molecule has 0 aliphatic rings. The first kappa shape index (κ1) is 12.4. The molecule has 0 spiro atoms. The lowest BCUT2D eigenvalue weighted by molar-refractivity contribution is 0.102. The van der Waals surface area contributed by atoms with E-state index in [-0.39, 0.29) is 5.91 Å². The number of nitrogens with zero attached hydrogens (tertiary/aromatic N) is 3. The summed E-state index contributed by atoms with van der Waals surface area (Å²) in [6.07, 6.45) is 6.67. The summed E-state index contributed by atoms with van der Waals surface area (Å²) in [5.74, 6) is -0.244. The van der Waals surface area contributed by atoms with Gasteiger partial charge >= 0.3 is 0 Å². The zero-order valence-corrected chi connectivity index (χ0v) is 11.2. The second kappa shape index (κ2) is 5.58. The SMILES string of the molecule is O=C(Nc1cnc(-c2cccnc2)s1)c1ccccn1. The summed E-state index contributed by atoms with van der Waals surface area (Å²) in [5, 5.41) is 4.28. The van der Waals surface area contributed by atoms with Crippen LogP contribution in [0.3, 0.4) is 0 Å². The maximum Gasteiger partial charge on any atom is 0.274 e. The number of carbonyl (C=O) groups excluding carboxylic acids is 1. The van der Waals surface area contributed by atoms with Crippen molar-refractivity contribution in [1.29, 1.82) is 0 Å². The highest BCUT2D eigenvalue weighted by Gasteiger charge is 2.10. The van der Waals surface area contributed by atoms with Crippen molar-refractivity contribution in [3.63, 3.8) is 0 Å². The van der Waals surface area contributed by atoms with E-state index in [0.29, 0.717) is 10.7 Å². The molecule has 3 aromatic rings. The molecule has 3 rings (SSSR count). The van der Waals surface area contributed by atoms with Crippen LogP contribution in [0.2, 0.25) is 0 Å². The number of aromatic nitrogens is 3. The zero-order valence-electron chi connectivity index (χ0n) is 10.4. The minimum absolute atomic E-state index is 0.244. The first-order valence-electron chi connectivity index (χ1n) is 5.91. The fraction of sp³-hybridized carbons (Fsp3) is 0. The van der Waals surface area contributed by atoms with Gasteiger partial charge in [0.25, 0.3) is 5.91 Å². The molecule has 0 aliphatic carbocycles. The molecule has 0 atom stereocenters. The summed E-state index contributed by atoms with van der Waals surface area (Å²) in [6.45, 7) is 0. The minimum atomic E-state index is -0.244. The highest BCUT2D eigenvalue weighted by molar-refractivity contribution is 7.19. The Labute approximate surface area is 119 Å². The summed E-state index contributed by atoms with van der Waals surface area (Å²) >= 11 is 1.40. The van der Waals surface area contributed by atoms with E-state index in [0.717, 1.165) is 10.6 Å². The maximum atomic E-state index is 12.0. The summed E-state index contributed by atoms with van der Waals surface area (Å²) < 4.78 is 0. The third-order valence-corrected chi connectivity index (χ3v) is 3.51. The fourth-order valence-corrected chi connectivity index (χ4v) is 2.43. The molecular weight excluding hydrogens is 272 g/mol. The van der Waals surface area contributed by atoms with E-state index in [9.17, 15) is 4.79 Å². The molecule has 0 aliphatic heterocycles. The fourth-order valence-electron chi connectivity index (χ4n) is 1.63. The Hall–Kier alpha value is -2.60. The van der Waals surface area contributed by atoms with E-state index in [1.165, 1.54) is 11.3 Å². The van der Waals surface area contributed by atoms with Crippen molar-refractivity contribution < 1.29 is 4.79 Å². The number of nitrogens with one attached hydrogen (secondary N) is 1. The van der Waals surface area contributed by atoms with E-state index in [4.69, 9.17) is 0 Å².